The number of hydrogen-bond acceptors (Lipinski definition) is 1. The molecule has 1 heteroatoms. The Morgan fingerprint density at radius 1 is 0.944 bits per heavy atom. The van der Waals surface area contributed by atoms with Crippen LogP contribution in [0.25, 0.3) is 0 Å². The maximum Gasteiger partial charge on any atom is 0.0133 e. The van der Waals surface area contributed by atoms with Crippen molar-refractivity contribution in [2.24, 2.45) is 0 Å². The van der Waals surface area contributed by atoms with E-state index in [1.165, 1.54) is 30.4 Å². The molecule has 18 heavy (non-hydrogen) atoms. The molecular weight excluding hydrogens is 218 g/mol. The molecular formula is C17H29N. The third-order valence-corrected chi connectivity index (χ3v) is 3.84. The fourth-order valence-corrected chi connectivity index (χ4v) is 2.65. The van der Waals surface area contributed by atoms with Crippen LogP contribution in [0.3, 0.4) is 0 Å². The Bertz CT molecular complexity index is 315. The molecule has 0 saturated heterocycles. The van der Waals surface area contributed by atoms with E-state index in [2.05, 4.69) is 57.3 Å². The van der Waals surface area contributed by atoms with Crippen LogP contribution in [-0.4, -0.2) is 12.6 Å². The second-order valence-electron chi connectivity index (χ2n) is 5.08. The first-order valence-electron chi connectivity index (χ1n) is 7.58. The molecule has 0 aliphatic heterocycles. The summed E-state index contributed by atoms with van der Waals surface area (Å²) in [5.74, 6) is 0.646. The molecule has 1 nitrogen and oxygen atoms in total. The standard InChI is InChI=1S/C17H29N/c1-5-13-18-17(8-4)16(7-3)15-11-9-14(6-2)10-12-15/h9-12,16-18H,5-8,13H2,1-4H3. The molecule has 102 valence electrons. The molecule has 0 heterocycles. The molecule has 0 aliphatic rings. The SMILES string of the molecule is CCCNC(CC)C(CC)c1ccc(CC)cc1. The summed E-state index contributed by atoms with van der Waals surface area (Å²) < 4.78 is 0. The van der Waals surface area contributed by atoms with Crippen molar-refractivity contribution in [2.75, 3.05) is 6.54 Å². The third kappa shape index (κ3) is 4.13. The molecule has 1 N–H and O–H groups in total. The van der Waals surface area contributed by atoms with Gasteiger partial charge in [-0.05, 0) is 49.3 Å². The lowest BCUT2D eigenvalue weighted by Crippen LogP contribution is -2.34. The van der Waals surface area contributed by atoms with Crippen LogP contribution in [0.15, 0.2) is 24.3 Å². The van der Waals surface area contributed by atoms with Crippen LogP contribution in [0.4, 0.5) is 0 Å². The van der Waals surface area contributed by atoms with Gasteiger partial charge >= 0.3 is 0 Å². The second kappa shape index (κ2) is 8.31. The number of benzene rings is 1. The Hall–Kier alpha value is -0.820. The van der Waals surface area contributed by atoms with Crippen LogP contribution in [0.1, 0.15) is 64.0 Å². The molecule has 2 unspecified atom stereocenters. The van der Waals surface area contributed by atoms with Gasteiger partial charge < -0.3 is 5.32 Å². The number of nitrogens with one attached hydrogen (secondary N) is 1. The van der Waals surface area contributed by atoms with E-state index in [1.807, 2.05) is 0 Å². The zero-order chi connectivity index (χ0) is 13.4. The predicted octanol–water partition coefficient (Wildman–Crippen LogP) is 4.52. The van der Waals surface area contributed by atoms with Gasteiger partial charge in [0.1, 0.15) is 0 Å². The first kappa shape index (κ1) is 15.2. The van der Waals surface area contributed by atoms with Crippen LogP contribution in [0, 0.1) is 0 Å². The molecule has 1 rings (SSSR count). The smallest absolute Gasteiger partial charge is 0.0133 e. The Labute approximate surface area is 113 Å². The van der Waals surface area contributed by atoms with E-state index >= 15 is 0 Å². The van der Waals surface area contributed by atoms with E-state index in [0.717, 1.165) is 13.0 Å². The van der Waals surface area contributed by atoms with Gasteiger partial charge in [-0.3, -0.25) is 0 Å². The van der Waals surface area contributed by atoms with E-state index in [-0.39, 0.29) is 0 Å². The normalized spacial score (nSPS) is 14.4. The van der Waals surface area contributed by atoms with Crippen LogP contribution < -0.4 is 5.32 Å². The summed E-state index contributed by atoms with van der Waals surface area (Å²) in [6.45, 7) is 10.2. The molecule has 0 amide bonds. The van der Waals surface area contributed by atoms with Gasteiger partial charge in [-0.1, -0.05) is 52.0 Å². The summed E-state index contributed by atoms with van der Waals surface area (Å²) in [5, 5.41) is 3.70. The number of hydrogen-bond donors (Lipinski definition) is 1. The Balaban J connectivity index is 2.78. The summed E-state index contributed by atoms with van der Waals surface area (Å²) in [6, 6.07) is 9.82. The van der Waals surface area contributed by atoms with Crippen molar-refractivity contribution < 1.29 is 0 Å². The second-order valence-corrected chi connectivity index (χ2v) is 5.08. The highest BCUT2D eigenvalue weighted by molar-refractivity contribution is 5.26. The molecule has 0 fully saturated rings. The first-order chi connectivity index (χ1) is 8.76. The van der Waals surface area contributed by atoms with Crippen molar-refractivity contribution in [3.63, 3.8) is 0 Å². The Kier molecular flexibility index (Phi) is 7.04. The van der Waals surface area contributed by atoms with Gasteiger partial charge in [0, 0.05) is 6.04 Å². The minimum atomic E-state index is 0.613. The monoisotopic (exact) mass is 247 g/mol. The van der Waals surface area contributed by atoms with E-state index < -0.39 is 0 Å². The fraction of sp³-hybridized carbons (Fsp3) is 0.647. The van der Waals surface area contributed by atoms with Crippen molar-refractivity contribution in [3.05, 3.63) is 35.4 Å². The van der Waals surface area contributed by atoms with Gasteiger partial charge in [0.15, 0.2) is 0 Å². The van der Waals surface area contributed by atoms with Gasteiger partial charge in [0.05, 0.1) is 0 Å². The Morgan fingerprint density at radius 2 is 1.61 bits per heavy atom. The van der Waals surface area contributed by atoms with Crippen LogP contribution in [-0.2, 0) is 6.42 Å². The zero-order valence-corrected chi connectivity index (χ0v) is 12.5. The van der Waals surface area contributed by atoms with Gasteiger partial charge in [-0.2, -0.15) is 0 Å². The van der Waals surface area contributed by atoms with Crippen molar-refractivity contribution in [3.8, 4) is 0 Å². The minimum Gasteiger partial charge on any atom is -0.313 e. The van der Waals surface area contributed by atoms with Crippen LogP contribution in [0.5, 0.6) is 0 Å². The summed E-state index contributed by atoms with van der Waals surface area (Å²) in [4.78, 5) is 0. The molecule has 0 aromatic heterocycles. The number of aryl methyl sites for hydroxylation is 1. The average Bonchev–Trinajstić information content (AvgIpc) is 2.43. The predicted molar refractivity (Wildman–Crippen MR) is 81.2 cm³/mol. The average molecular weight is 247 g/mol. The van der Waals surface area contributed by atoms with Crippen molar-refractivity contribution in [1.82, 2.24) is 5.32 Å². The zero-order valence-electron chi connectivity index (χ0n) is 12.5. The summed E-state index contributed by atoms with van der Waals surface area (Å²) in [5.41, 5.74) is 2.92. The highest BCUT2D eigenvalue weighted by Gasteiger charge is 2.19. The van der Waals surface area contributed by atoms with Crippen molar-refractivity contribution in [1.29, 1.82) is 0 Å². The lowest BCUT2D eigenvalue weighted by Gasteiger charge is -2.27. The number of rotatable bonds is 8. The topological polar surface area (TPSA) is 12.0 Å². The van der Waals surface area contributed by atoms with E-state index in [4.69, 9.17) is 0 Å². The summed E-state index contributed by atoms with van der Waals surface area (Å²) >= 11 is 0. The quantitative estimate of drug-likeness (QED) is 0.712. The molecule has 1 aromatic rings. The molecule has 0 spiro atoms. The highest BCUT2D eigenvalue weighted by atomic mass is 14.9. The summed E-state index contributed by atoms with van der Waals surface area (Å²) in [7, 11) is 0. The molecule has 2 atom stereocenters. The van der Waals surface area contributed by atoms with E-state index in [0.29, 0.717) is 12.0 Å². The van der Waals surface area contributed by atoms with Gasteiger partial charge in [-0.15, -0.1) is 0 Å². The minimum absolute atomic E-state index is 0.613. The third-order valence-electron chi connectivity index (χ3n) is 3.84. The maximum absolute atomic E-state index is 3.70. The van der Waals surface area contributed by atoms with Crippen LogP contribution >= 0.6 is 0 Å². The highest BCUT2D eigenvalue weighted by Crippen LogP contribution is 2.25. The molecule has 1 aromatic carbocycles. The molecule has 0 radical (unpaired) electrons. The molecule has 0 bridgehead atoms. The van der Waals surface area contributed by atoms with Crippen LogP contribution in [0.2, 0.25) is 0 Å². The van der Waals surface area contributed by atoms with E-state index in [1.54, 1.807) is 0 Å². The fourth-order valence-electron chi connectivity index (χ4n) is 2.65. The molecule has 0 aliphatic carbocycles. The van der Waals surface area contributed by atoms with E-state index in [9.17, 15) is 0 Å². The maximum atomic E-state index is 3.70. The first-order valence-corrected chi connectivity index (χ1v) is 7.58. The van der Waals surface area contributed by atoms with Gasteiger partial charge in [0.25, 0.3) is 0 Å². The molecule has 0 saturated carbocycles. The van der Waals surface area contributed by atoms with Gasteiger partial charge in [-0.25, -0.2) is 0 Å². The lowest BCUT2D eigenvalue weighted by atomic mass is 9.87. The van der Waals surface area contributed by atoms with Crippen molar-refractivity contribution >= 4 is 0 Å². The Morgan fingerprint density at radius 3 is 2.06 bits per heavy atom. The van der Waals surface area contributed by atoms with Gasteiger partial charge in [0.2, 0.25) is 0 Å². The summed E-state index contributed by atoms with van der Waals surface area (Å²) in [6.07, 6.45) is 4.75. The largest absolute Gasteiger partial charge is 0.313 e. The lowest BCUT2D eigenvalue weighted by molar-refractivity contribution is 0.411. The van der Waals surface area contributed by atoms with Crippen molar-refractivity contribution in [2.45, 2.75) is 65.3 Å².